The Morgan fingerprint density at radius 3 is 2.80 bits per heavy atom. The number of rotatable bonds is 2. The summed E-state index contributed by atoms with van der Waals surface area (Å²) in [7, 11) is 0. The number of hydrogen-bond acceptors (Lipinski definition) is 2. The van der Waals surface area contributed by atoms with Gasteiger partial charge in [0.15, 0.2) is 11.6 Å². The van der Waals surface area contributed by atoms with Crippen LogP contribution in [0.3, 0.4) is 0 Å². The van der Waals surface area contributed by atoms with Gasteiger partial charge in [-0.05, 0) is 43.4 Å². The summed E-state index contributed by atoms with van der Waals surface area (Å²) in [6.45, 7) is 0. The number of H-pyrrole nitrogens is 1. The van der Waals surface area contributed by atoms with E-state index in [1.165, 1.54) is 25.7 Å². The molecule has 2 fully saturated rings. The van der Waals surface area contributed by atoms with E-state index in [4.69, 9.17) is 5.73 Å². The van der Waals surface area contributed by atoms with Gasteiger partial charge in [-0.25, -0.2) is 4.39 Å². The molecule has 3 rings (SSSR count). The zero-order chi connectivity index (χ0) is 10.4. The monoisotopic (exact) mass is 209 g/mol. The SMILES string of the molecule is Nc1n[nH]c(CC2CC3CCC2C3)c1F. The molecule has 0 aliphatic heterocycles. The first kappa shape index (κ1) is 9.19. The third kappa shape index (κ3) is 1.43. The predicted octanol–water partition coefficient (Wildman–Crippen LogP) is 2.11. The van der Waals surface area contributed by atoms with Crippen molar-refractivity contribution in [2.45, 2.75) is 32.1 Å². The van der Waals surface area contributed by atoms with Gasteiger partial charge in [0.1, 0.15) is 0 Å². The van der Waals surface area contributed by atoms with Gasteiger partial charge >= 0.3 is 0 Å². The minimum Gasteiger partial charge on any atom is -0.380 e. The number of anilines is 1. The molecule has 0 saturated heterocycles. The minimum atomic E-state index is -0.335. The maximum atomic E-state index is 13.4. The largest absolute Gasteiger partial charge is 0.380 e. The summed E-state index contributed by atoms with van der Waals surface area (Å²) in [6, 6.07) is 0. The Kier molecular flexibility index (Phi) is 1.97. The standard InChI is InChI=1S/C11H16FN3/c12-10-9(14-15-11(10)13)5-8-4-6-1-2-7(8)3-6/h6-8H,1-5H2,(H3,13,14,15). The summed E-state index contributed by atoms with van der Waals surface area (Å²) in [4.78, 5) is 0. The molecule has 3 unspecified atom stereocenters. The van der Waals surface area contributed by atoms with Gasteiger partial charge in [0.25, 0.3) is 0 Å². The fourth-order valence-electron chi connectivity index (χ4n) is 3.40. The van der Waals surface area contributed by atoms with Crippen LogP contribution in [0.15, 0.2) is 0 Å². The quantitative estimate of drug-likeness (QED) is 0.783. The van der Waals surface area contributed by atoms with Crippen LogP contribution in [0.2, 0.25) is 0 Å². The summed E-state index contributed by atoms with van der Waals surface area (Å²) in [6.07, 6.45) is 6.13. The lowest BCUT2D eigenvalue weighted by atomic mass is 9.85. The van der Waals surface area contributed by atoms with E-state index in [1.807, 2.05) is 0 Å². The molecule has 0 amide bonds. The Morgan fingerprint density at radius 2 is 2.27 bits per heavy atom. The Hall–Kier alpha value is -1.06. The normalized spacial score (nSPS) is 33.8. The van der Waals surface area contributed by atoms with E-state index < -0.39 is 0 Å². The van der Waals surface area contributed by atoms with E-state index in [2.05, 4.69) is 10.2 Å². The van der Waals surface area contributed by atoms with Crippen LogP contribution >= 0.6 is 0 Å². The van der Waals surface area contributed by atoms with Crippen molar-refractivity contribution in [2.24, 2.45) is 17.8 Å². The molecule has 4 heteroatoms. The summed E-state index contributed by atoms with van der Waals surface area (Å²) >= 11 is 0. The molecule has 3 nitrogen and oxygen atoms in total. The fraction of sp³-hybridized carbons (Fsp3) is 0.727. The zero-order valence-corrected chi connectivity index (χ0v) is 8.67. The average molecular weight is 209 g/mol. The van der Waals surface area contributed by atoms with Gasteiger partial charge in [-0.1, -0.05) is 6.42 Å². The number of aromatic nitrogens is 2. The molecule has 0 spiro atoms. The number of aromatic amines is 1. The summed E-state index contributed by atoms with van der Waals surface area (Å²) in [5.41, 5.74) is 5.98. The first-order chi connectivity index (χ1) is 7.24. The third-order valence-corrected chi connectivity index (χ3v) is 4.15. The Bertz CT molecular complexity index is 374. The number of hydrogen-bond donors (Lipinski definition) is 2. The minimum absolute atomic E-state index is 0.00755. The van der Waals surface area contributed by atoms with Crippen molar-refractivity contribution >= 4 is 5.82 Å². The number of nitrogen functional groups attached to an aromatic ring is 1. The zero-order valence-electron chi connectivity index (χ0n) is 8.67. The molecule has 1 aromatic heterocycles. The third-order valence-electron chi connectivity index (χ3n) is 4.15. The number of nitrogens with one attached hydrogen (secondary N) is 1. The van der Waals surface area contributed by atoms with Gasteiger partial charge in [-0.15, -0.1) is 0 Å². The lowest BCUT2D eigenvalue weighted by Gasteiger charge is -2.20. The van der Waals surface area contributed by atoms with E-state index in [9.17, 15) is 4.39 Å². The van der Waals surface area contributed by atoms with Crippen molar-refractivity contribution in [2.75, 3.05) is 5.73 Å². The molecule has 2 saturated carbocycles. The van der Waals surface area contributed by atoms with Crippen molar-refractivity contribution in [3.63, 3.8) is 0 Å². The second-order valence-electron chi connectivity index (χ2n) is 5.04. The van der Waals surface area contributed by atoms with E-state index in [-0.39, 0.29) is 11.6 Å². The van der Waals surface area contributed by atoms with Crippen LogP contribution in [0, 0.1) is 23.6 Å². The molecule has 15 heavy (non-hydrogen) atoms. The summed E-state index contributed by atoms with van der Waals surface area (Å²) in [5.74, 6) is 2.05. The molecule has 0 radical (unpaired) electrons. The van der Waals surface area contributed by atoms with Crippen LogP contribution in [0.5, 0.6) is 0 Å². The first-order valence-electron chi connectivity index (χ1n) is 5.72. The smallest absolute Gasteiger partial charge is 0.187 e. The topological polar surface area (TPSA) is 54.7 Å². The Morgan fingerprint density at radius 1 is 1.40 bits per heavy atom. The number of nitrogens with two attached hydrogens (primary N) is 1. The average Bonchev–Trinajstić information content (AvgIpc) is 2.89. The van der Waals surface area contributed by atoms with Gasteiger partial charge in [0.2, 0.25) is 0 Å². The molecule has 3 atom stereocenters. The summed E-state index contributed by atoms with van der Waals surface area (Å²) in [5, 5.41) is 6.41. The van der Waals surface area contributed by atoms with Crippen molar-refractivity contribution in [3.8, 4) is 0 Å². The van der Waals surface area contributed by atoms with Crippen LogP contribution in [-0.4, -0.2) is 10.2 Å². The number of halogens is 1. The van der Waals surface area contributed by atoms with Gasteiger partial charge in [-0.2, -0.15) is 5.10 Å². The predicted molar refractivity (Wildman–Crippen MR) is 55.6 cm³/mol. The van der Waals surface area contributed by atoms with Gasteiger partial charge in [0, 0.05) is 0 Å². The maximum Gasteiger partial charge on any atom is 0.187 e. The molecule has 82 valence electrons. The number of nitrogens with zero attached hydrogens (tertiary/aromatic N) is 1. The van der Waals surface area contributed by atoms with E-state index in [1.54, 1.807) is 0 Å². The van der Waals surface area contributed by atoms with Gasteiger partial charge < -0.3 is 5.73 Å². The van der Waals surface area contributed by atoms with Crippen molar-refractivity contribution in [1.29, 1.82) is 0 Å². The molecule has 1 heterocycles. The first-order valence-corrected chi connectivity index (χ1v) is 5.72. The highest BCUT2D eigenvalue weighted by Gasteiger charge is 2.39. The highest BCUT2D eigenvalue weighted by atomic mass is 19.1. The van der Waals surface area contributed by atoms with Gasteiger partial charge in [-0.3, -0.25) is 5.10 Å². The molecule has 2 aliphatic rings. The maximum absolute atomic E-state index is 13.4. The highest BCUT2D eigenvalue weighted by molar-refractivity contribution is 5.31. The van der Waals surface area contributed by atoms with Crippen LogP contribution in [0.25, 0.3) is 0 Å². The van der Waals surface area contributed by atoms with Crippen LogP contribution in [-0.2, 0) is 6.42 Å². The fourth-order valence-corrected chi connectivity index (χ4v) is 3.40. The molecular weight excluding hydrogens is 193 g/mol. The van der Waals surface area contributed by atoms with E-state index >= 15 is 0 Å². The second kappa shape index (κ2) is 3.22. The lowest BCUT2D eigenvalue weighted by molar-refractivity contribution is 0.326. The van der Waals surface area contributed by atoms with Crippen LogP contribution < -0.4 is 5.73 Å². The number of fused-ring (bicyclic) bond motifs is 2. The lowest BCUT2D eigenvalue weighted by Crippen LogP contribution is -2.14. The second-order valence-corrected chi connectivity index (χ2v) is 5.04. The van der Waals surface area contributed by atoms with Crippen molar-refractivity contribution in [1.82, 2.24) is 10.2 Å². The molecule has 2 aliphatic carbocycles. The van der Waals surface area contributed by atoms with E-state index in [0.717, 1.165) is 18.3 Å². The van der Waals surface area contributed by atoms with Crippen LogP contribution in [0.4, 0.5) is 10.2 Å². The van der Waals surface area contributed by atoms with Gasteiger partial charge in [0.05, 0.1) is 5.69 Å². The molecular formula is C11H16FN3. The molecule has 0 aromatic carbocycles. The Balaban J connectivity index is 1.73. The molecule has 1 aromatic rings. The molecule has 2 bridgehead atoms. The highest BCUT2D eigenvalue weighted by Crippen LogP contribution is 2.49. The van der Waals surface area contributed by atoms with E-state index in [0.29, 0.717) is 11.6 Å². The van der Waals surface area contributed by atoms with Crippen molar-refractivity contribution in [3.05, 3.63) is 11.5 Å². The van der Waals surface area contributed by atoms with Crippen molar-refractivity contribution < 1.29 is 4.39 Å². The van der Waals surface area contributed by atoms with Crippen LogP contribution in [0.1, 0.15) is 31.4 Å². The Labute approximate surface area is 88.2 Å². The summed E-state index contributed by atoms with van der Waals surface area (Å²) < 4.78 is 13.4. The molecule has 3 N–H and O–H groups in total.